The van der Waals surface area contributed by atoms with E-state index in [1.807, 2.05) is 11.3 Å². The van der Waals surface area contributed by atoms with Crippen molar-refractivity contribution in [2.45, 2.75) is 72.6 Å². The molecule has 0 bridgehead atoms. The molecule has 1 heteroatoms. The summed E-state index contributed by atoms with van der Waals surface area (Å²) in [6, 6.07) is 0. The minimum absolute atomic E-state index is 0.724. The summed E-state index contributed by atoms with van der Waals surface area (Å²) in [4.78, 5) is 1.60. The zero-order valence-corrected chi connectivity index (χ0v) is 15.0. The standard InChI is InChI=1S/C20H30S/c1-5-7-8-9-13-18-16(4)14-21-20(18)19-15(3)11-10-12-17(19)6-2/h10-11,14,17H,5-9,12-13H2,1-4H3. The lowest BCUT2D eigenvalue weighted by Crippen LogP contribution is -2.07. The van der Waals surface area contributed by atoms with Crippen LogP contribution in [0.25, 0.3) is 5.57 Å². The highest BCUT2D eigenvalue weighted by molar-refractivity contribution is 7.11. The van der Waals surface area contributed by atoms with E-state index in [1.54, 1.807) is 16.0 Å². The Bertz CT molecular complexity index is 516. The van der Waals surface area contributed by atoms with Crippen LogP contribution in [0, 0.1) is 12.8 Å². The second-order valence-corrected chi connectivity index (χ2v) is 7.26. The van der Waals surface area contributed by atoms with Gasteiger partial charge in [0.2, 0.25) is 0 Å². The van der Waals surface area contributed by atoms with E-state index in [2.05, 4.69) is 45.2 Å². The van der Waals surface area contributed by atoms with Gasteiger partial charge in [0.25, 0.3) is 0 Å². The molecule has 1 aliphatic rings. The first-order valence-corrected chi connectivity index (χ1v) is 9.51. The van der Waals surface area contributed by atoms with Crippen molar-refractivity contribution in [3.63, 3.8) is 0 Å². The normalized spacial score (nSPS) is 18.6. The van der Waals surface area contributed by atoms with E-state index < -0.39 is 0 Å². The van der Waals surface area contributed by atoms with E-state index in [4.69, 9.17) is 0 Å². The quantitative estimate of drug-likeness (QED) is 0.478. The van der Waals surface area contributed by atoms with Crippen molar-refractivity contribution in [3.8, 4) is 0 Å². The maximum atomic E-state index is 2.37. The molecule has 0 N–H and O–H groups in total. The van der Waals surface area contributed by atoms with Crippen LogP contribution in [0.2, 0.25) is 0 Å². The number of allylic oxidation sites excluding steroid dienone is 4. The second-order valence-electron chi connectivity index (χ2n) is 6.38. The number of unbranched alkanes of at least 4 members (excludes halogenated alkanes) is 3. The minimum Gasteiger partial charge on any atom is -0.144 e. The molecule has 21 heavy (non-hydrogen) atoms. The van der Waals surface area contributed by atoms with E-state index in [1.165, 1.54) is 56.1 Å². The van der Waals surface area contributed by atoms with Crippen molar-refractivity contribution in [3.05, 3.63) is 39.1 Å². The van der Waals surface area contributed by atoms with Gasteiger partial charge in [-0.05, 0) is 73.1 Å². The molecule has 0 aliphatic heterocycles. The van der Waals surface area contributed by atoms with Crippen molar-refractivity contribution >= 4 is 16.9 Å². The minimum atomic E-state index is 0.724. The molecule has 1 unspecified atom stereocenters. The number of hydrogen-bond acceptors (Lipinski definition) is 1. The number of aryl methyl sites for hydroxylation is 1. The van der Waals surface area contributed by atoms with Crippen LogP contribution in [0.4, 0.5) is 0 Å². The van der Waals surface area contributed by atoms with Crippen molar-refractivity contribution in [1.29, 1.82) is 0 Å². The first kappa shape index (κ1) is 16.5. The topological polar surface area (TPSA) is 0 Å². The molecule has 1 aromatic heterocycles. The molecule has 1 aliphatic carbocycles. The molecule has 1 atom stereocenters. The van der Waals surface area contributed by atoms with Gasteiger partial charge in [-0.15, -0.1) is 11.3 Å². The van der Waals surface area contributed by atoms with Crippen LogP contribution in [0.15, 0.2) is 23.1 Å². The fourth-order valence-corrected chi connectivity index (χ4v) is 4.70. The zero-order chi connectivity index (χ0) is 15.2. The molecule has 0 aromatic carbocycles. The zero-order valence-electron chi connectivity index (χ0n) is 14.2. The molecule has 0 radical (unpaired) electrons. The molecule has 0 saturated heterocycles. The Morgan fingerprint density at radius 2 is 1.95 bits per heavy atom. The van der Waals surface area contributed by atoms with Gasteiger partial charge in [0.1, 0.15) is 0 Å². The molecule has 1 heterocycles. The Hall–Kier alpha value is -0.820. The number of thiophene rings is 1. The molecule has 116 valence electrons. The lowest BCUT2D eigenvalue weighted by molar-refractivity contribution is 0.645. The van der Waals surface area contributed by atoms with Gasteiger partial charge < -0.3 is 0 Å². The molecule has 1 aromatic rings. The van der Waals surface area contributed by atoms with Crippen molar-refractivity contribution in [2.24, 2.45) is 5.92 Å². The Morgan fingerprint density at radius 3 is 2.67 bits per heavy atom. The third-order valence-corrected chi connectivity index (χ3v) is 5.92. The van der Waals surface area contributed by atoms with Crippen LogP contribution in [0.5, 0.6) is 0 Å². The van der Waals surface area contributed by atoms with Gasteiger partial charge in [0.05, 0.1) is 0 Å². The maximum Gasteiger partial charge on any atom is 0.0342 e. The van der Waals surface area contributed by atoms with Gasteiger partial charge in [0.15, 0.2) is 0 Å². The van der Waals surface area contributed by atoms with Gasteiger partial charge in [-0.2, -0.15) is 0 Å². The molecule has 0 nitrogen and oxygen atoms in total. The first-order valence-electron chi connectivity index (χ1n) is 8.63. The number of hydrogen-bond donors (Lipinski definition) is 0. The van der Waals surface area contributed by atoms with E-state index in [0.29, 0.717) is 0 Å². The summed E-state index contributed by atoms with van der Waals surface area (Å²) in [5.41, 5.74) is 6.28. The fraction of sp³-hybridized carbons (Fsp3) is 0.600. The summed E-state index contributed by atoms with van der Waals surface area (Å²) < 4.78 is 0. The van der Waals surface area contributed by atoms with Crippen LogP contribution >= 0.6 is 11.3 Å². The van der Waals surface area contributed by atoms with Crippen LogP contribution in [0.1, 0.15) is 75.3 Å². The summed E-state index contributed by atoms with van der Waals surface area (Å²) in [7, 11) is 0. The van der Waals surface area contributed by atoms with Crippen molar-refractivity contribution in [1.82, 2.24) is 0 Å². The van der Waals surface area contributed by atoms with Crippen LogP contribution in [-0.4, -0.2) is 0 Å². The van der Waals surface area contributed by atoms with Gasteiger partial charge in [-0.1, -0.05) is 45.3 Å². The fourth-order valence-electron chi connectivity index (χ4n) is 3.41. The molecule has 0 spiro atoms. The third kappa shape index (κ3) is 3.88. The predicted octanol–water partition coefficient (Wildman–Crippen LogP) is 6.94. The summed E-state index contributed by atoms with van der Waals surface area (Å²) >= 11 is 1.98. The summed E-state index contributed by atoms with van der Waals surface area (Å²) in [5.74, 6) is 0.724. The van der Waals surface area contributed by atoms with Crippen molar-refractivity contribution < 1.29 is 0 Å². The highest BCUT2D eigenvalue weighted by Crippen LogP contribution is 2.41. The van der Waals surface area contributed by atoms with E-state index in [9.17, 15) is 0 Å². The van der Waals surface area contributed by atoms with E-state index in [0.717, 1.165) is 5.92 Å². The molecular formula is C20H30S. The van der Waals surface area contributed by atoms with Gasteiger partial charge in [-0.25, -0.2) is 0 Å². The summed E-state index contributed by atoms with van der Waals surface area (Å²) in [5, 5.41) is 2.37. The highest BCUT2D eigenvalue weighted by Gasteiger charge is 2.22. The van der Waals surface area contributed by atoms with Crippen LogP contribution in [0.3, 0.4) is 0 Å². The third-order valence-electron chi connectivity index (χ3n) is 4.74. The second kappa shape index (κ2) is 7.98. The van der Waals surface area contributed by atoms with Crippen LogP contribution in [-0.2, 0) is 6.42 Å². The Balaban J connectivity index is 2.25. The predicted molar refractivity (Wildman–Crippen MR) is 97.0 cm³/mol. The maximum absolute atomic E-state index is 2.37. The monoisotopic (exact) mass is 302 g/mol. The Labute approximate surface area is 135 Å². The summed E-state index contributed by atoms with van der Waals surface area (Å²) in [6.45, 7) is 9.21. The Morgan fingerprint density at radius 1 is 1.14 bits per heavy atom. The molecule has 0 saturated carbocycles. The molecule has 0 amide bonds. The average molecular weight is 303 g/mol. The summed E-state index contributed by atoms with van der Waals surface area (Å²) in [6.07, 6.45) is 13.8. The highest BCUT2D eigenvalue weighted by atomic mass is 32.1. The van der Waals surface area contributed by atoms with Gasteiger partial charge >= 0.3 is 0 Å². The van der Waals surface area contributed by atoms with Crippen molar-refractivity contribution in [2.75, 3.05) is 0 Å². The van der Waals surface area contributed by atoms with Gasteiger partial charge in [-0.3, -0.25) is 0 Å². The smallest absolute Gasteiger partial charge is 0.0342 e. The molecule has 0 fully saturated rings. The lowest BCUT2D eigenvalue weighted by Gasteiger charge is -2.23. The average Bonchev–Trinajstić information content (AvgIpc) is 2.84. The van der Waals surface area contributed by atoms with Crippen LogP contribution < -0.4 is 0 Å². The largest absolute Gasteiger partial charge is 0.144 e. The molecule has 2 rings (SSSR count). The first-order chi connectivity index (χ1) is 10.2. The van der Waals surface area contributed by atoms with E-state index >= 15 is 0 Å². The lowest BCUT2D eigenvalue weighted by atomic mass is 9.83. The molecular weight excluding hydrogens is 272 g/mol. The SMILES string of the molecule is CCCCCCc1c(C)csc1C1=C(C)C=CCC1CC. The number of rotatable bonds is 7. The Kier molecular flexibility index (Phi) is 6.29. The van der Waals surface area contributed by atoms with E-state index in [-0.39, 0.29) is 0 Å². The van der Waals surface area contributed by atoms with Gasteiger partial charge in [0, 0.05) is 4.88 Å².